The van der Waals surface area contributed by atoms with Gasteiger partial charge in [0.05, 0.1) is 0 Å². The van der Waals surface area contributed by atoms with Crippen LogP contribution in [0.3, 0.4) is 0 Å². The van der Waals surface area contributed by atoms with Crippen molar-refractivity contribution in [1.29, 1.82) is 0 Å². The largest absolute Gasteiger partial charge is 0.339 e. The second-order valence-corrected chi connectivity index (χ2v) is 3.83. The minimum atomic E-state index is 0.163. The predicted molar refractivity (Wildman–Crippen MR) is 49.8 cm³/mol. The van der Waals surface area contributed by atoms with Gasteiger partial charge in [0.15, 0.2) is 0 Å². The van der Waals surface area contributed by atoms with Gasteiger partial charge in [0, 0.05) is 18.7 Å². The molecule has 1 heterocycles. The highest BCUT2D eigenvalue weighted by molar-refractivity contribution is 5.94. The van der Waals surface area contributed by atoms with E-state index in [1.807, 2.05) is 4.90 Å². The van der Waals surface area contributed by atoms with Crippen LogP contribution in [0.1, 0.15) is 26.7 Å². The van der Waals surface area contributed by atoms with Gasteiger partial charge < -0.3 is 4.90 Å². The second-order valence-electron chi connectivity index (χ2n) is 3.83. The van der Waals surface area contributed by atoms with Crippen molar-refractivity contribution in [1.82, 2.24) is 4.90 Å². The number of hydrogen-bond acceptors (Lipinski definition) is 1. The van der Waals surface area contributed by atoms with Gasteiger partial charge in [-0.1, -0.05) is 20.4 Å². The molecule has 0 aromatic heterocycles. The van der Waals surface area contributed by atoms with E-state index in [1.54, 1.807) is 0 Å². The molecule has 1 amide bonds. The molecule has 1 aliphatic heterocycles. The Morgan fingerprint density at radius 2 is 2.25 bits per heavy atom. The number of hydrogen-bond donors (Lipinski definition) is 0. The summed E-state index contributed by atoms with van der Waals surface area (Å²) in [6.45, 7) is 9.85. The molecule has 0 aromatic carbocycles. The van der Waals surface area contributed by atoms with Crippen LogP contribution in [0.4, 0.5) is 0 Å². The molecule has 0 aromatic rings. The summed E-state index contributed by atoms with van der Waals surface area (Å²) in [5.74, 6) is 0.835. The SMILES string of the molecule is C=C1CCN(CCC(C)C)C1=O. The molecule has 0 unspecified atom stereocenters. The first-order valence-corrected chi connectivity index (χ1v) is 4.58. The minimum Gasteiger partial charge on any atom is -0.339 e. The van der Waals surface area contributed by atoms with Gasteiger partial charge in [-0.15, -0.1) is 0 Å². The van der Waals surface area contributed by atoms with E-state index in [2.05, 4.69) is 20.4 Å². The van der Waals surface area contributed by atoms with E-state index in [0.717, 1.165) is 31.5 Å². The summed E-state index contributed by atoms with van der Waals surface area (Å²) in [6, 6.07) is 0. The predicted octanol–water partition coefficient (Wildman–Crippen LogP) is 1.82. The van der Waals surface area contributed by atoms with E-state index in [4.69, 9.17) is 0 Å². The summed E-state index contributed by atoms with van der Waals surface area (Å²) in [6.07, 6.45) is 1.95. The molecule has 0 saturated carbocycles. The zero-order valence-corrected chi connectivity index (χ0v) is 7.97. The van der Waals surface area contributed by atoms with Crippen LogP contribution >= 0.6 is 0 Å². The molecule has 1 aliphatic rings. The first-order valence-electron chi connectivity index (χ1n) is 4.58. The molecule has 68 valence electrons. The van der Waals surface area contributed by atoms with E-state index < -0.39 is 0 Å². The van der Waals surface area contributed by atoms with Crippen LogP contribution in [-0.4, -0.2) is 23.9 Å². The maximum atomic E-state index is 11.3. The molecule has 1 saturated heterocycles. The van der Waals surface area contributed by atoms with Crippen molar-refractivity contribution in [2.24, 2.45) is 5.92 Å². The normalized spacial score (nSPS) is 18.1. The maximum Gasteiger partial charge on any atom is 0.249 e. The standard InChI is InChI=1S/C10H17NO/c1-8(2)4-6-11-7-5-9(3)10(11)12/h8H,3-7H2,1-2H3. The molecule has 0 N–H and O–H groups in total. The van der Waals surface area contributed by atoms with Crippen LogP contribution < -0.4 is 0 Å². The van der Waals surface area contributed by atoms with E-state index in [0.29, 0.717) is 5.92 Å². The Balaban J connectivity index is 2.34. The monoisotopic (exact) mass is 167 g/mol. The molecule has 1 fully saturated rings. The fraction of sp³-hybridized carbons (Fsp3) is 0.700. The third kappa shape index (κ3) is 2.10. The van der Waals surface area contributed by atoms with Crippen molar-refractivity contribution < 1.29 is 4.79 Å². The summed E-state index contributed by atoms with van der Waals surface area (Å²) in [7, 11) is 0. The summed E-state index contributed by atoms with van der Waals surface area (Å²) in [5.41, 5.74) is 0.777. The molecule has 2 nitrogen and oxygen atoms in total. The number of nitrogens with zero attached hydrogens (tertiary/aromatic N) is 1. The zero-order valence-electron chi connectivity index (χ0n) is 7.97. The van der Waals surface area contributed by atoms with Crippen molar-refractivity contribution in [2.75, 3.05) is 13.1 Å². The average Bonchev–Trinajstić information content (AvgIpc) is 2.30. The number of amides is 1. The van der Waals surface area contributed by atoms with Gasteiger partial charge in [0.25, 0.3) is 0 Å². The van der Waals surface area contributed by atoms with Gasteiger partial charge in [-0.25, -0.2) is 0 Å². The highest BCUT2D eigenvalue weighted by atomic mass is 16.2. The summed E-state index contributed by atoms with van der Waals surface area (Å²) < 4.78 is 0. The molecular formula is C10H17NO. The fourth-order valence-electron chi connectivity index (χ4n) is 1.33. The van der Waals surface area contributed by atoms with Gasteiger partial charge >= 0.3 is 0 Å². The van der Waals surface area contributed by atoms with Crippen LogP contribution in [0, 0.1) is 5.92 Å². The molecular weight excluding hydrogens is 150 g/mol. The molecule has 12 heavy (non-hydrogen) atoms. The molecule has 1 rings (SSSR count). The van der Waals surface area contributed by atoms with Crippen molar-refractivity contribution in [3.63, 3.8) is 0 Å². The van der Waals surface area contributed by atoms with Crippen molar-refractivity contribution in [3.8, 4) is 0 Å². The van der Waals surface area contributed by atoms with Crippen LogP contribution in [0.15, 0.2) is 12.2 Å². The van der Waals surface area contributed by atoms with E-state index in [1.165, 1.54) is 0 Å². The van der Waals surface area contributed by atoms with E-state index in [-0.39, 0.29) is 5.91 Å². The lowest BCUT2D eigenvalue weighted by Gasteiger charge is -2.16. The van der Waals surface area contributed by atoms with Crippen molar-refractivity contribution >= 4 is 5.91 Å². The molecule has 2 heteroatoms. The van der Waals surface area contributed by atoms with E-state index in [9.17, 15) is 4.79 Å². The lowest BCUT2D eigenvalue weighted by molar-refractivity contribution is -0.124. The second kappa shape index (κ2) is 3.74. The minimum absolute atomic E-state index is 0.163. The average molecular weight is 167 g/mol. The molecule has 0 spiro atoms. The Morgan fingerprint density at radius 1 is 1.58 bits per heavy atom. The number of rotatable bonds is 3. The Labute approximate surface area is 74.2 Å². The van der Waals surface area contributed by atoms with Gasteiger partial charge in [-0.3, -0.25) is 4.79 Å². The smallest absolute Gasteiger partial charge is 0.249 e. The lowest BCUT2D eigenvalue weighted by Crippen LogP contribution is -2.26. The Bertz CT molecular complexity index is 196. The lowest BCUT2D eigenvalue weighted by atomic mass is 10.1. The number of likely N-dealkylation sites (tertiary alicyclic amines) is 1. The third-order valence-electron chi connectivity index (χ3n) is 2.25. The summed E-state index contributed by atoms with van der Waals surface area (Å²) in [5, 5.41) is 0. The molecule has 0 aliphatic carbocycles. The maximum absolute atomic E-state index is 11.3. The number of carbonyl (C=O) groups excluding carboxylic acids is 1. The van der Waals surface area contributed by atoms with Crippen LogP contribution in [0.5, 0.6) is 0 Å². The summed E-state index contributed by atoms with van der Waals surface area (Å²) >= 11 is 0. The Hall–Kier alpha value is -0.790. The van der Waals surface area contributed by atoms with Crippen molar-refractivity contribution in [2.45, 2.75) is 26.7 Å². The van der Waals surface area contributed by atoms with Crippen LogP contribution in [0.25, 0.3) is 0 Å². The Kier molecular flexibility index (Phi) is 2.90. The van der Waals surface area contributed by atoms with Crippen LogP contribution in [-0.2, 0) is 4.79 Å². The molecule has 0 atom stereocenters. The molecule has 0 radical (unpaired) electrons. The Morgan fingerprint density at radius 3 is 2.67 bits per heavy atom. The quantitative estimate of drug-likeness (QED) is 0.587. The highest BCUT2D eigenvalue weighted by Crippen LogP contribution is 2.15. The van der Waals surface area contributed by atoms with Crippen LogP contribution in [0.2, 0.25) is 0 Å². The molecule has 0 bridgehead atoms. The van der Waals surface area contributed by atoms with E-state index >= 15 is 0 Å². The van der Waals surface area contributed by atoms with Crippen molar-refractivity contribution in [3.05, 3.63) is 12.2 Å². The van der Waals surface area contributed by atoms with Gasteiger partial charge in [-0.2, -0.15) is 0 Å². The summed E-state index contributed by atoms with van der Waals surface area (Å²) in [4.78, 5) is 13.2. The third-order valence-corrected chi connectivity index (χ3v) is 2.25. The first-order chi connectivity index (χ1) is 5.61. The number of carbonyl (C=O) groups is 1. The first kappa shape index (κ1) is 9.30. The topological polar surface area (TPSA) is 20.3 Å². The highest BCUT2D eigenvalue weighted by Gasteiger charge is 2.23. The van der Waals surface area contributed by atoms with Gasteiger partial charge in [0.2, 0.25) is 5.91 Å². The fourth-order valence-corrected chi connectivity index (χ4v) is 1.33. The van der Waals surface area contributed by atoms with Gasteiger partial charge in [-0.05, 0) is 18.8 Å². The van der Waals surface area contributed by atoms with Gasteiger partial charge in [0.1, 0.15) is 0 Å². The zero-order chi connectivity index (χ0) is 9.14.